The number of rotatable bonds is 4. The van der Waals surface area contributed by atoms with Crippen LogP contribution in [0.1, 0.15) is 54.4 Å². The molecule has 0 atom stereocenters. The molecule has 5 nitrogen and oxygen atoms in total. The number of piperidine rings is 1. The van der Waals surface area contributed by atoms with Gasteiger partial charge >= 0.3 is 0 Å². The molecule has 5 rings (SSSR count). The lowest BCUT2D eigenvalue weighted by atomic mass is 9.91. The topological polar surface area (TPSA) is 51.0 Å². The molecule has 7 heteroatoms. The van der Waals surface area contributed by atoms with E-state index in [1.165, 1.54) is 17.6 Å². The van der Waals surface area contributed by atoms with Gasteiger partial charge in [-0.05, 0) is 81.8 Å². The van der Waals surface area contributed by atoms with Gasteiger partial charge in [-0.2, -0.15) is 4.37 Å². The molecule has 0 spiro atoms. The number of nitrogens with zero attached hydrogens (tertiary/aromatic N) is 4. The molecular weight excluding hydrogens is 399 g/mol. The smallest absolute Gasteiger partial charge is 0.256 e. The molecular formula is C23H27FN4OS. The summed E-state index contributed by atoms with van der Waals surface area (Å²) >= 11 is 1.40. The zero-order valence-electron chi connectivity index (χ0n) is 17.4. The predicted octanol–water partition coefficient (Wildman–Crippen LogP) is 4.06. The number of halogens is 1. The average Bonchev–Trinajstić information content (AvgIpc) is 3.17. The summed E-state index contributed by atoms with van der Waals surface area (Å²) in [6, 6.07) is 4.98. The van der Waals surface area contributed by atoms with Crippen LogP contribution >= 0.6 is 11.5 Å². The minimum Gasteiger partial charge on any atom is -0.303 e. The molecule has 3 aromatic rings. The third-order valence-corrected chi connectivity index (χ3v) is 7.52. The van der Waals surface area contributed by atoms with Gasteiger partial charge in [0.2, 0.25) is 0 Å². The maximum absolute atomic E-state index is 13.5. The van der Waals surface area contributed by atoms with E-state index < -0.39 is 0 Å². The van der Waals surface area contributed by atoms with Crippen LogP contribution in [0.4, 0.5) is 4.39 Å². The highest BCUT2D eigenvalue weighted by Crippen LogP contribution is 2.34. The molecule has 1 aromatic carbocycles. The fourth-order valence-electron chi connectivity index (χ4n) is 4.94. The second-order valence-corrected chi connectivity index (χ2v) is 9.39. The van der Waals surface area contributed by atoms with Crippen LogP contribution in [0.2, 0.25) is 0 Å². The average molecular weight is 427 g/mol. The second kappa shape index (κ2) is 8.19. The van der Waals surface area contributed by atoms with Crippen molar-refractivity contribution in [1.82, 2.24) is 18.8 Å². The first kappa shape index (κ1) is 19.8. The molecule has 0 amide bonds. The van der Waals surface area contributed by atoms with Gasteiger partial charge in [-0.3, -0.25) is 9.36 Å². The van der Waals surface area contributed by atoms with Crippen LogP contribution in [-0.4, -0.2) is 38.5 Å². The lowest BCUT2D eigenvalue weighted by Gasteiger charge is -2.31. The standard InChI is InChI=1S/C23H27FN4OS/c1-15-18(23(29)28-10-3-2-4-21(28)25-15)9-13-27-11-7-16(8-12-27)22-19-6-5-17(24)14-20(19)30-26-22/h5-6,14,16H,2-4,7-13H2,1H3. The maximum atomic E-state index is 13.5. The number of aryl methyl sites for hydroxylation is 2. The summed E-state index contributed by atoms with van der Waals surface area (Å²) < 4.78 is 20.9. The van der Waals surface area contributed by atoms with Gasteiger partial charge in [0.1, 0.15) is 11.6 Å². The molecule has 2 aliphatic heterocycles. The number of aromatic nitrogens is 3. The monoisotopic (exact) mass is 426 g/mol. The largest absolute Gasteiger partial charge is 0.303 e. The fourth-order valence-corrected chi connectivity index (χ4v) is 5.82. The van der Waals surface area contributed by atoms with Crippen molar-refractivity contribution >= 4 is 21.6 Å². The van der Waals surface area contributed by atoms with Crippen LogP contribution in [-0.2, 0) is 19.4 Å². The van der Waals surface area contributed by atoms with Gasteiger partial charge in [0.05, 0.1) is 10.4 Å². The molecule has 0 saturated carbocycles. The number of hydrogen-bond donors (Lipinski definition) is 0. The van der Waals surface area contributed by atoms with Crippen LogP contribution in [0.3, 0.4) is 0 Å². The van der Waals surface area contributed by atoms with Gasteiger partial charge in [0.25, 0.3) is 5.56 Å². The Morgan fingerprint density at radius 1 is 1.20 bits per heavy atom. The number of benzene rings is 1. The lowest BCUT2D eigenvalue weighted by molar-refractivity contribution is 0.213. The molecule has 4 heterocycles. The van der Waals surface area contributed by atoms with Gasteiger partial charge < -0.3 is 4.90 Å². The summed E-state index contributed by atoms with van der Waals surface area (Å²) in [5.41, 5.74) is 3.09. The number of hydrogen-bond acceptors (Lipinski definition) is 5. The first-order valence-corrected chi connectivity index (χ1v) is 11.7. The van der Waals surface area contributed by atoms with Gasteiger partial charge in [-0.25, -0.2) is 9.37 Å². The van der Waals surface area contributed by atoms with Crippen molar-refractivity contribution in [1.29, 1.82) is 0 Å². The van der Waals surface area contributed by atoms with Crippen LogP contribution in [0, 0.1) is 12.7 Å². The Labute approximate surface area is 179 Å². The van der Waals surface area contributed by atoms with E-state index in [1.54, 1.807) is 6.07 Å². The van der Waals surface area contributed by atoms with Crippen molar-refractivity contribution in [2.24, 2.45) is 0 Å². The Hall–Kier alpha value is -2.12. The third-order valence-electron chi connectivity index (χ3n) is 6.69. The van der Waals surface area contributed by atoms with E-state index in [1.807, 2.05) is 17.6 Å². The van der Waals surface area contributed by atoms with Gasteiger partial charge in [0.15, 0.2) is 0 Å². The number of likely N-dealkylation sites (tertiary alicyclic amines) is 1. The van der Waals surface area contributed by atoms with E-state index in [0.717, 1.165) is 97.6 Å². The third kappa shape index (κ3) is 3.69. The van der Waals surface area contributed by atoms with Gasteiger partial charge in [-0.15, -0.1) is 0 Å². The summed E-state index contributed by atoms with van der Waals surface area (Å²) in [5, 5.41) is 1.10. The summed E-state index contributed by atoms with van der Waals surface area (Å²) in [7, 11) is 0. The van der Waals surface area contributed by atoms with Crippen molar-refractivity contribution in [2.75, 3.05) is 19.6 Å². The highest BCUT2D eigenvalue weighted by atomic mass is 32.1. The Bertz CT molecular complexity index is 1130. The zero-order chi connectivity index (χ0) is 20.7. The Morgan fingerprint density at radius 3 is 2.87 bits per heavy atom. The minimum absolute atomic E-state index is 0.174. The normalized spacial score (nSPS) is 18.1. The van der Waals surface area contributed by atoms with E-state index in [-0.39, 0.29) is 11.4 Å². The van der Waals surface area contributed by atoms with Crippen molar-refractivity contribution < 1.29 is 4.39 Å². The minimum atomic E-state index is -0.199. The molecule has 1 saturated heterocycles. The Balaban J connectivity index is 1.23. The van der Waals surface area contributed by atoms with Gasteiger partial charge in [-0.1, -0.05) is 0 Å². The molecule has 2 aliphatic rings. The van der Waals surface area contributed by atoms with E-state index in [4.69, 9.17) is 4.98 Å². The first-order chi connectivity index (χ1) is 14.6. The molecule has 158 valence electrons. The van der Waals surface area contributed by atoms with Gasteiger partial charge in [0, 0.05) is 42.1 Å². The van der Waals surface area contributed by atoms with Crippen LogP contribution in [0.25, 0.3) is 10.1 Å². The first-order valence-electron chi connectivity index (χ1n) is 11.0. The quantitative estimate of drug-likeness (QED) is 0.631. The molecule has 1 fully saturated rings. The summed E-state index contributed by atoms with van der Waals surface area (Å²) in [4.78, 5) is 20.1. The fraction of sp³-hybridized carbons (Fsp3) is 0.522. The highest BCUT2D eigenvalue weighted by molar-refractivity contribution is 7.13. The van der Waals surface area contributed by atoms with Crippen LogP contribution < -0.4 is 5.56 Å². The Morgan fingerprint density at radius 2 is 2.03 bits per heavy atom. The lowest BCUT2D eigenvalue weighted by Crippen LogP contribution is -2.37. The molecule has 0 unspecified atom stereocenters. The SMILES string of the molecule is Cc1nc2n(c(=O)c1CCN1CCC(c3nsc4cc(F)ccc34)CC1)CCCC2. The van der Waals surface area contributed by atoms with Crippen molar-refractivity contribution in [3.05, 3.63) is 57.1 Å². The molecule has 0 N–H and O–H groups in total. The Kier molecular flexibility index (Phi) is 5.41. The summed E-state index contributed by atoms with van der Waals surface area (Å²) in [5.74, 6) is 1.19. The predicted molar refractivity (Wildman–Crippen MR) is 118 cm³/mol. The van der Waals surface area contributed by atoms with Crippen molar-refractivity contribution in [3.63, 3.8) is 0 Å². The maximum Gasteiger partial charge on any atom is 0.256 e. The molecule has 0 aliphatic carbocycles. The molecule has 0 bridgehead atoms. The van der Waals surface area contributed by atoms with E-state index in [0.29, 0.717) is 5.92 Å². The van der Waals surface area contributed by atoms with Crippen molar-refractivity contribution in [3.8, 4) is 0 Å². The summed E-state index contributed by atoms with van der Waals surface area (Å²) in [6.07, 6.45) is 5.99. The molecule has 30 heavy (non-hydrogen) atoms. The number of fused-ring (bicyclic) bond motifs is 2. The zero-order valence-corrected chi connectivity index (χ0v) is 18.2. The van der Waals surface area contributed by atoms with Crippen molar-refractivity contribution in [2.45, 2.75) is 57.9 Å². The highest BCUT2D eigenvalue weighted by Gasteiger charge is 2.25. The molecule has 2 aromatic heterocycles. The van der Waals surface area contributed by atoms with E-state index in [9.17, 15) is 9.18 Å². The van der Waals surface area contributed by atoms with E-state index >= 15 is 0 Å². The van der Waals surface area contributed by atoms with Crippen LogP contribution in [0.15, 0.2) is 23.0 Å². The second-order valence-electron chi connectivity index (χ2n) is 8.58. The summed E-state index contributed by atoms with van der Waals surface area (Å²) in [6.45, 7) is 5.69. The van der Waals surface area contributed by atoms with E-state index in [2.05, 4.69) is 9.27 Å². The molecule has 0 radical (unpaired) electrons. The van der Waals surface area contributed by atoms with Crippen LogP contribution in [0.5, 0.6) is 0 Å².